The molecule has 132 valence electrons. The van der Waals surface area contributed by atoms with Crippen LogP contribution >= 0.6 is 0 Å². The Morgan fingerprint density at radius 2 is 1.65 bits per heavy atom. The molecule has 1 aliphatic rings. The highest BCUT2D eigenvalue weighted by molar-refractivity contribution is 5.42. The molecule has 0 saturated carbocycles. The fourth-order valence-corrected chi connectivity index (χ4v) is 3.52. The predicted molar refractivity (Wildman–Crippen MR) is 99.6 cm³/mol. The first-order valence-electron chi connectivity index (χ1n) is 8.78. The second-order valence-corrected chi connectivity index (χ2v) is 6.67. The van der Waals surface area contributed by atoms with Crippen LogP contribution < -0.4 is 5.43 Å². The highest BCUT2D eigenvalue weighted by Gasteiger charge is 2.27. The van der Waals surface area contributed by atoms with Crippen LogP contribution in [0.1, 0.15) is 16.7 Å². The minimum atomic E-state index is -0.224. The molecule has 0 amide bonds. The Balaban J connectivity index is 1.64. The van der Waals surface area contributed by atoms with E-state index in [4.69, 9.17) is 0 Å². The van der Waals surface area contributed by atoms with Gasteiger partial charge in [0.05, 0.1) is 0 Å². The molecule has 0 radical (unpaired) electrons. The number of hydrogen-bond donors (Lipinski definition) is 1. The highest BCUT2D eigenvalue weighted by atomic mass is 19.1. The van der Waals surface area contributed by atoms with Crippen LogP contribution in [0.4, 0.5) is 14.5 Å². The van der Waals surface area contributed by atoms with Crippen molar-refractivity contribution in [3.8, 4) is 0 Å². The van der Waals surface area contributed by atoms with Gasteiger partial charge in [-0.2, -0.15) is 0 Å². The number of nitrogens with zero attached hydrogens (tertiary/aromatic N) is 1. The van der Waals surface area contributed by atoms with E-state index in [2.05, 4.69) is 10.4 Å². The van der Waals surface area contributed by atoms with Crippen LogP contribution in [0.25, 0.3) is 0 Å². The molecular weight excluding hydrogens is 330 g/mol. The third kappa shape index (κ3) is 3.60. The zero-order valence-electron chi connectivity index (χ0n) is 14.3. The Bertz CT molecular complexity index is 896. The lowest BCUT2D eigenvalue weighted by Crippen LogP contribution is -2.45. The molecule has 0 bridgehead atoms. The molecule has 3 aromatic carbocycles. The summed E-state index contributed by atoms with van der Waals surface area (Å²) in [5, 5.41) is 2.13. The predicted octanol–water partition coefficient (Wildman–Crippen LogP) is 4.96. The third-order valence-corrected chi connectivity index (χ3v) is 4.87. The quantitative estimate of drug-likeness (QED) is 0.715. The first-order chi connectivity index (χ1) is 12.7. The van der Waals surface area contributed by atoms with E-state index in [1.807, 2.05) is 48.5 Å². The molecule has 4 heteroatoms. The normalized spacial score (nSPS) is 16.9. The van der Waals surface area contributed by atoms with E-state index in [1.165, 1.54) is 12.1 Å². The van der Waals surface area contributed by atoms with Gasteiger partial charge in [0, 0.05) is 18.3 Å². The molecule has 1 atom stereocenters. The molecule has 1 unspecified atom stereocenters. The van der Waals surface area contributed by atoms with Gasteiger partial charge in [-0.05, 0) is 59.9 Å². The molecule has 2 nitrogen and oxygen atoms in total. The maximum Gasteiger partial charge on any atom is 0.126 e. The topological polar surface area (TPSA) is 15.3 Å². The monoisotopic (exact) mass is 350 g/mol. The molecule has 0 aromatic heterocycles. The summed E-state index contributed by atoms with van der Waals surface area (Å²) in [4.78, 5) is 0. The van der Waals surface area contributed by atoms with E-state index in [0.717, 1.165) is 16.8 Å². The van der Waals surface area contributed by atoms with Crippen LogP contribution in [0.2, 0.25) is 0 Å². The SMILES string of the molecule is Fc1ccc2c(c1)CC(Cc1ccccc1F)N(Nc1ccccc1)C2. The first-order valence-corrected chi connectivity index (χ1v) is 8.78. The van der Waals surface area contributed by atoms with Crippen molar-refractivity contribution >= 4 is 5.69 Å². The standard InChI is InChI=1S/C22H20F2N2/c23-19-11-10-17-15-26(25-20-7-2-1-3-8-20)21(14-18(17)12-19)13-16-6-4-5-9-22(16)24/h1-12,21,25H,13-15H2. The van der Waals surface area contributed by atoms with Gasteiger partial charge in [0.25, 0.3) is 0 Å². The number of nitrogens with one attached hydrogen (secondary N) is 1. The number of halogens is 2. The van der Waals surface area contributed by atoms with Crippen molar-refractivity contribution in [2.45, 2.75) is 25.4 Å². The van der Waals surface area contributed by atoms with E-state index in [9.17, 15) is 8.78 Å². The summed E-state index contributed by atoms with van der Waals surface area (Å²) in [5.41, 5.74) is 7.20. The van der Waals surface area contributed by atoms with Crippen molar-refractivity contribution in [3.05, 3.63) is 101 Å². The van der Waals surface area contributed by atoms with E-state index in [-0.39, 0.29) is 17.7 Å². The summed E-state index contributed by atoms with van der Waals surface area (Å²) in [6.07, 6.45) is 1.23. The molecule has 4 rings (SSSR count). The fourth-order valence-electron chi connectivity index (χ4n) is 3.52. The van der Waals surface area contributed by atoms with Crippen molar-refractivity contribution < 1.29 is 8.78 Å². The average molecular weight is 350 g/mol. The highest BCUT2D eigenvalue weighted by Crippen LogP contribution is 2.27. The van der Waals surface area contributed by atoms with Crippen LogP contribution in [0.15, 0.2) is 72.8 Å². The molecule has 0 fully saturated rings. The zero-order valence-corrected chi connectivity index (χ0v) is 14.3. The largest absolute Gasteiger partial charge is 0.318 e. The second-order valence-electron chi connectivity index (χ2n) is 6.67. The van der Waals surface area contributed by atoms with Gasteiger partial charge in [0.1, 0.15) is 11.6 Å². The molecule has 1 N–H and O–H groups in total. The van der Waals surface area contributed by atoms with Gasteiger partial charge in [0.15, 0.2) is 0 Å². The van der Waals surface area contributed by atoms with Crippen LogP contribution in [0.5, 0.6) is 0 Å². The summed E-state index contributed by atoms with van der Waals surface area (Å²) in [5.74, 6) is -0.421. The summed E-state index contributed by atoms with van der Waals surface area (Å²) < 4.78 is 27.8. The minimum Gasteiger partial charge on any atom is -0.318 e. The van der Waals surface area contributed by atoms with E-state index >= 15 is 0 Å². The molecule has 1 aliphatic heterocycles. The number of rotatable bonds is 4. The van der Waals surface area contributed by atoms with Crippen molar-refractivity contribution in [3.63, 3.8) is 0 Å². The van der Waals surface area contributed by atoms with E-state index in [1.54, 1.807) is 12.1 Å². The first kappa shape index (κ1) is 16.7. The van der Waals surface area contributed by atoms with Crippen molar-refractivity contribution in [2.75, 3.05) is 5.43 Å². The van der Waals surface area contributed by atoms with Gasteiger partial charge in [-0.3, -0.25) is 0 Å². The maximum atomic E-state index is 14.2. The molecule has 0 aliphatic carbocycles. The Labute approximate surface area is 152 Å². The van der Waals surface area contributed by atoms with Crippen LogP contribution in [-0.4, -0.2) is 11.1 Å². The van der Waals surface area contributed by atoms with Gasteiger partial charge in [0.2, 0.25) is 0 Å². The number of hydrazine groups is 1. The number of fused-ring (bicyclic) bond motifs is 1. The number of hydrogen-bond acceptors (Lipinski definition) is 2. The average Bonchev–Trinajstić information content (AvgIpc) is 2.65. The number of benzene rings is 3. The van der Waals surface area contributed by atoms with Gasteiger partial charge < -0.3 is 5.43 Å². The van der Waals surface area contributed by atoms with Gasteiger partial charge in [-0.25, -0.2) is 13.8 Å². The summed E-state index contributed by atoms with van der Waals surface area (Å²) in [6, 6.07) is 21.7. The Hall–Kier alpha value is -2.72. The summed E-state index contributed by atoms with van der Waals surface area (Å²) >= 11 is 0. The molecule has 0 saturated heterocycles. The number of anilines is 1. The van der Waals surface area contributed by atoms with Crippen molar-refractivity contribution in [2.24, 2.45) is 0 Å². The van der Waals surface area contributed by atoms with Gasteiger partial charge >= 0.3 is 0 Å². The van der Waals surface area contributed by atoms with Gasteiger partial charge in [-0.1, -0.05) is 42.5 Å². The summed E-state index contributed by atoms with van der Waals surface area (Å²) in [6.45, 7) is 0.642. The van der Waals surface area contributed by atoms with Gasteiger partial charge in [-0.15, -0.1) is 0 Å². The second kappa shape index (κ2) is 7.26. The fraction of sp³-hybridized carbons (Fsp3) is 0.182. The van der Waals surface area contributed by atoms with Crippen molar-refractivity contribution in [1.82, 2.24) is 5.01 Å². The van der Waals surface area contributed by atoms with Crippen LogP contribution in [0, 0.1) is 11.6 Å². The molecular formula is C22H20F2N2. The Kier molecular flexibility index (Phi) is 4.67. The maximum absolute atomic E-state index is 14.2. The van der Waals surface area contributed by atoms with E-state index < -0.39 is 0 Å². The van der Waals surface area contributed by atoms with Crippen LogP contribution in [-0.2, 0) is 19.4 Å². The lowest BCUT2D eigenvalue weighted by Gasteiger charge is -2.37. The zero-order chi connectivity index (χ0) is 17.9. The van der Waals surface area contributed by atoms with Crippen LogP contribution in [0.3, 0.4) is 0 Å². The molecule has 26 heavy (non-hydrogen) atoms. The Morgan fingerprint density at radius 3 is 2.46 bits per heavy atom. The third-order valence-electron chi connectivity index (χ3n) is 4.87. The molecule has 3 aromatic rings. The minimum absolute atomic E-state index is 0.0291. The van der Waals surface area contributed by atoms with Crippen molar-refractivity contribution in [1.29, 1.82) is 0 Å². The summed E-state index contributed by atoms with van der Waals surface area (Å²) in [7, 11) is 0. The lowest BCUT2D eigenvalue weighted by atomic mass is 9.91. The molecule has 0 spiro atoms. The lowest BCUT2D eigenvalue weighted by molar-refractivity contribution is 0.209. The smallest absolute Gasteiger partial charge is 0.126 e. The van der Waals surface area contributed by atoms with E-state index in [0.29, 0.717) is 24.9 Å². The molecule has 1 heterocycles. The number of para-hydroxylation sites is 1. The Morgan fingerprint density at radius 1 is 0.885 bits per heavy atom.